The Labute approximate surface area is 108 Å². The van der Waals surface area contributed by atoms with Crippen molar-refractivity contribution in [3.05, 3.63) is 36.7 Å². The third-order valence-corrected chi connectivity index (χ3v) is 3.88. The van der Waals surface area contributed by atoms with Crippen molar-refractivity contribution in [2.75, 3.05) is 0 Å². The zero-order chi connectivity index (χ0) is 12.4. The Morgan fingerprint density at radius 3 is 2.72 bits per heavy atom. The van der Waals surface area contributed by atoms with Crippen molar-refractivity contribution in [1.29, 1.82) is 0 Å². The molecule has 0 bridgehead atoms. The van der Waals surface area contributed by atoms with E-state index >= 15 is 0 Å². The maximum atomic E-state index is 6.09. The summed E-state index contributed by atoms with van der Waals surface area (Å²) in [4.78, 5) is 4.13. The number of fused-ring (bicyclic) bond motifs is 1. The predicted molar refractivity (Wildman–Crippen MR) is 73.8 cm³/mol. The van der Waals surface area contributed by atoms with Crippen molar-refractivity contribution >= 4 is 10.8 Å². The highest BCUT2D eigenvalue weighted by Gasteiger charge is 2.19. The Kier molecular flexibility index (Phi) is 3.18. The van der Waals surface area contributed by atoms with E-state index < -0.39 is 0 Å². The third-order valence-electron chi connectivity index (χ3n) is 3.88. The van der Waals surface area contributed by atoms with E-state index in [2.05, 4.69) is 30.1 Å². The summed E-state index contributed by atoms with van der Waals surface area (Å²) >= 11 is 0. The molecule has 0 amide bonds. The predicted octanol–water partition coefficient (Wildman–Crippen LogP) is 4.19. The fourth-order valence-electron chi connectivity index (χ4n) is 2.67. The molecule has 2 aromatic rings. The zero-order valence-corrected chi connectivity index (χ0v) is 10.8. The quantitative estimate of drug-likeness (QED) is 0.786. The van der Waals surface area contributed by atoms with E-state index in [0.29, 0.717) is 6.10 Å². The van der Waals surface area contributed by atoms with Gasteiger partial charge in [-0.3, -0.25) is 4.98 Å². The van der Waals surface area contributed by atoms with Crippen LogP contribution in [0.4, 0.5) is 0 Å². The van der Waals surface area contributed by atoms with Crippen LogP contribution in [0.5, 0.6) is 5.75 Å². The minimum atomic E-state index is 0.403. The summed E-state index contributed by atoms with van der Waals surface area (Å²) in [7, 11) is 0. The van der Waals surface area contributed by atoms with Crippen molar-refractivity contribution in [2.45, 2.75) is 38.7 Å². The number of nitrogens with zero attached hydrogens (tertiary/aromatic N) is 1. The molecule has 1 aromatic heterocycles. The lowest BCUT2D eigenvalue weighted by Gasteiger charge is -2.26. The summed E-state index contributed by atoms with van der Waals surface area (Å²) < 4.78 is 6.09. The van der Waals surface area contributed by atoms with Crippen LogP contribution in [0, 0.1) is 5.92 Å². The molecule has 0 spiro atoms. The Morgan fingerprint density at radius 1 is 1.06 bits per heavy atom. The molecule has 1 heterocycles. The molecule has 0 radical (unpaired) electrons. The van der Waals surface area contributed by atoms with Gasteiger partial charge in [0.15, 0.2) is 0 Å². The van der Waals surface area contributed by atoms with E-state index in [-0.39, 0.29) is 0 Å². The van der Waals surface area contributed by atoms with Crippen molar-refractivity contribution < 1.29 is 4.74 Å². The first-order chi connectivity index (χ1) is 8.81. The van der Waals surface area contributed by atoms with Crippen LogP contribution in [0.1, 0.15) is 32.6 Å². The van der Waals surface area contributed by atoms with Gasteiger partial charge in [0.05, 0.1) is 6.10 Å². The molecule has 1 fully saturated rings. The van der Waals surface area contributed by atoms with E-state index in [0.717, 1.165) is 11.7 Å². The lowest BCUT2D eigenvalue weighted by molar-refractivity contribution is 0.136. The number of hydrogen-bond acceptors (Lipinski definition) is 2. The molecular formula is C16H19NO. The van der Waals surface area contributed by atoms with E-state index in [9.17, 15) is 0 Å². The highest BCUT2D eigenvalue weighted by Crippen LogP contribution is 2.28. The first kappa shape index (κ1) is 11.5. The van der Waals surface area contributed by atoms with Crippen molar-refractivity contribution in [3.63, 3.8) is 0 Å². The van der Waals surface area contributed by atoms with Gasteiger partial charge in [-0.25, -0.2) is 0 Å². The summed E-state index contributed by atoms with van der Waals surface area (Å²) in [5.74, 6) is 1.86. The van der Waals surface area contributed by atoms with Gasteiger partial charge in [0.25, 0.3) is 0 Å². The summed E-state index contributed by atoms with van der Waals surface area (Å²) in [6.07, 6.45) is 9.09. The molecular weight excluding hydrogens is 222 g/mol. The van der Waals surface area contributed by atoms with Crippen LogP contribution in [0.2, 0.25) is 0 Å². The first-order valence-corrected chi connectivity index (χ1v) is 6.82. The van der Waals surface area contributed by atoms with E-state index in [1.165, 1.54) is 36.5 Å². The highest BCUT2D eigenvalue weighted by molar-refractivity contribution is 5.82. The van der Waals surface area contributed by atoms with Crippen molar-refractivity contribution in [1.82, 2.24) is 4.98 Å². The molecule has 1 saturated carbocycles. The number of pyridine rings is 1. The molecule has 0 aliphatic heterocycles. The maximum Gasteiger partial charge on any atom is 0.120 e. The Bertz CT molecular complexity index is 529. The third kappa shape index (κ3) is 2.47. The number of hydrogen-bond donors (Lipinski definition) is 0. The molecule has 2 heteroatoms. The van der Waals surface area contributed by atoms with Gasteiger partial charge in [-0.1, -0.05) is 6.92 Å². The first-order valence-electron chi connectivity index (χ1n) is 6.82. The molecule has 1 aliphatic carbocycles. The summed E-state index contributed by atoms with van der Waals surface area (Å²) in [6.45, 7) is 2.33. The fraction of sp³-hybridized carbons (Fsp3) is 0.438. The molecule has 2 nitrogen and oxygen atoms in total. The van der Waals surface area contributed by atoms with Gasteiger partial charge >= 0.3 is 0 Å². The van der Waals surface area contributed by atoms with Gasteiger partial charge in [-0.05, 0) is 61.3 Å². The van der Waals surface area contributed by atoms with Gasteiger partial charge in [0.2, 0.25) is 0 Å². The zero-order valence-electron chi connectivity index (χ0n) is 10.8. The van der Waals surface area contributed by atoms with Crippen LogP contribution in [0.15, 0.2) is 36.7 Å². The monoisotopic (exact) mass is 241 g/mol. The summed E-state index contributed by atoms with van der Waals surface area (Å²) in [5, 5.41) is 2.37. The molecule has 0 N–H and O–H groups in total. The lowest BCUT2D eigenvalue weighted by Crippen LogP contribution is -2.22. The molecule has 1 aliphatic rings. The normalized spacial score (nSPS) is 24.1. The maximum absolute atomic E-state index is 6.09. The van der Waals surface area contributed by atoms with Crippen molar-refractivity contribution in [3.8, 4) is 5.75 Å². The molecule has 18 heavy (non-hydrogen) atoms. The smallest absolute Gasteiger partial charge is 0.120 e. The number of benzene rings is 1. The molecule has 0 saturated heterocycles. The second-order valence-corrected chi connectivity index (χ2v) is 5.38. The van der Waals surface area contributed by atoms with Crippen LogP contribution in [0.3, 0.4) is 0 Å². The number of ether oxygens (including phenoxy) is 1. The fourth-order valence-corrected chi connectivity index (χ4v) is 2.67. The highest BCUT2D eigenvalue weighted by atomic mass is 16.5. The Balaban J connectivity index is 1.74. The van der Waals surface area contributed by atoms with E-state index in [1.807, 2.05) is 18.5 Å². The lowest BCUT2D eigenvalue weighted by atomic mass is 9.89. The average molecular weight is 241 g/mol. The Morgan fingerprint density at radius 2 is 1.89 bits per heavy atom. The molecule has 3 rings (SSSR count). The van der Waals surface area contributed by atoms with Gasteiger partial charge in [-0.15, -0.1) is 0 Å². The molecule has 1 aromatic carbocycles. The van der Waals surface area contributed by atoms with Gasteiger partial charge in [0, 0.05) is 17.8 Å². The van der Waals surface area contributed by atoms with Gasteiger partial charge < -0.3 is 4.74 Å². The summed E-state index contributed by atoms with van der Waals surface area (Å²) in [6, 6.07) is 8.30. The van der Waals surface area contributed by atoms with Crippen LogP contribution in [-0.2, 0) is 0 Å². The second kappa shape index (κ2) is 4.97. The van der Waals surface area contributed by atoms with Crippen LogP contribution in [0.25, 0.3) is 10.8 Å². The molecule has 0 unspecified atom stereocenters. The minimum absolute atomic E-state index is 0.403. The van der Waals surface area contributed by atoms with E-state index in [1.54, 1.807) is 0 Å². The molecule has 94 valence electrons. The van der Waals surface area contributed by atoms with Gasteiger partial charge in [-0.2, -0.15) is 0 Å². The largest absolute Gasteiger partial charge is 0.490 e. The number of aromatic nitrogens is 1. The van der Waals surface area contributed by atoms with Crippen molar-refractivity contribution in [2.24, 2.45) is 5.92 Å². The van der Waals surface area contributed by atoms with E-state index in [4.69, 9.17) is 4.74 Å². The topological polar surface area (TPSA) is 22.1 Å². The second-order valence-electron chi connectivity index (χ2n) is 5.38. The minimum Gasteiger partial charge on any atom is -0.490 e. The van der Waals surface area contributed by atoms with Crippen LogP contribution in [-0.4, -0.2) is 11.1 Å². The number of rotatable bonds is 2. The van der Waals surface area contributed by atoms with Crippen LogP contribution < -0.4 is 4.74 Å². The molecule has 0 atom stereocenters. The SMILES string of the molecule is CC1CCC(Oc2ccc3cnccc3c2)CC1. The van der Waals surface area contributed by atoms with Gasteiger partial charge in [0.1, 0.15) is 5.75 Å². The standard InChI is InChI=1S/C16H19NO/c1-12-2-5-15(6-3-12)18-16-7-4-14-11-17-9-8-13(14)10-16/h4,7-12,15H,2-3,5-6H2,1H3. The Hall–Kier alpha value is -1.57. The average Bonchev–Trinajstić information content (AvgIpc) is 2.41. The summed E-state index contributed by atoms with van der Waals surface area (Å²) in [5.41, 5.74) is 0. The van der Waals surface area contributed by atoms with Crippen LogP contribution >= 0.6 is 0 Å².